The smallest absolute Gasteiger partial charge is 0.414 e. The van der Waals surface area contributed by atoms with Crippen molar-refractivity contribution >= 4 is 23.5 Å². The number of aliphatic hydroxyl groups excluding tert-OH is 1. The van der Waals surface area contributed by atoms with E-state index in [0.29, 0.717) is 41.5 Å². The molecule has 1 aromatic carbocycles. The largest absolute Gasteiger partial charge is 0.515 e. The summed E-state index contributed by atoms with van der Waals surface area (Å²) in [6, 6.07) is 7.97. The maximum atomic E-state index is 14.9. The highest BCUT2D eigenvalue weighted by molar-refractivity contribution is 5.97. The lowest BCUT2D eigenvalue weighted by Gasteiger charge is -2.15. The summed E-state index contributed by atoms with van der Waals surface area (Å²) in [5.74, 6) is 0.134. The number of hydrogen-bond donors (Lipinski definition) is 3. The first-order chi connectivity index (χ1) is 15.5. The number of rotatable bonds is 6. The molecular formula is C21H21FN6O4. The van der Waals surface area contributed by atoms with E-state index in [1.165, 1.54) is 17.0 Å². The van der Waals surface area contributed by atoms with Crippen LogP contribution in [-0.2, 0) is 9.57 Å². The van der Waals surface area contributed by atoms with Gasteiger partial charge in [0.2, 0.25) is 0 Å². The maximum absolute atomic E-state index is 14.9. The molecule has 4 rings (SSSR count). The molecule has 0 bridgehead atoms. The molecule has 10 nitrogen and oxygen atoms in total. The Bertz CT molecular complexity index is 1090. The zero-order chi connectivity index (χ0) is 22.5. The van der Waals surface area contributed by atoms with Crippen LogP contribution >= 0.6 is 0 Å². The number of anilines is 1. The van der Waals surface area contributed by atoms with Crippen molar-refractivity contribution in [2.45, 2.75) is 6.10 Å². The molecule has 1 fully saturated rings. The molecule has 32 heavy (non-hydrogen) atoms. The van der Waals surface area contributed by atoms with Crippen LogP contribution in [0.1, 0.15) is 5.69 Å². The van der Waals surface area contributed by atoms with Crippen LogP contribution in [0.15, 0.2) is 58.9 Å². The van der Waals surface area contributed by atoms with Gasteiger partial charge in [-0.3, -0.25) is 24.7 Å². The third kappa shape index (κ3) is 4.67. The average molecular weight is 440 g/mol. The second kappa shape index (κ2) is 9.43. The Kier molecular flexibility index (Phi) is 6.26. The molecule has 2 aliphatic heterocycles. The molecule has 3 heterocycles. The summed E-state index contributed by atoms with van der Waals surface area (Å²) in [5, 5.41) is 8.68. The molecule has 0 radical (unpaired) electrons. The van der Waals surface area contributed by atoms with E-state index in [2.05, 4.69) is 20.4 Å². The number of carbonyl (C=O) groups is 1. The van der Waals surface area contributed by atoms with Crippen LogP contribution in [0.3, 0.4) is 0 Å². The summed E-state index contributed by atoms with van der Waals surface area (Å²) in [6.45, 7) is 1.36. The lowest BCUT2D eigenvalue weighted by molar-refractivity contribution is 0.0824. The molecule has 0 aliphatic carbocycles. The van der Waals surface area contributed by atoms with Gasteiger partial charge in [0.05, 0.1) is 38.2 Å². The van der Waals surface area contributed by atoms with Gasteiger partial charge in [0.1, 0.15) is 23.5 Å². The standard InChI is InChI=1S/C21H21FN6O4/c22-17-9-14(28-12-15(32-21(28)30)11-26-19(23)5-7-29)2-3-16(17)13-1-4-18(25-10-13)20-24-6-8-31-27-20/h1-5,7,9-10,15,29H,6,8,11-12H2,(H2,23,26)(H,24,27)/b7-5-. The summed E-state index contributed by atoms with van der Waals surface area (Å²) in [4.78, 5) is 31.3. The number of hydroxylamine groups is 1. The normalized spacial score (nSPS) is 19.1. The minimum atomic E-state index is -0.595. The number of ether oxygens (including phenoxy) is 1. The zero-order valence-corrected chi connectivity index (χ0v) is 16.9. The van der Waals surface area contributed by atoms with Gasteiger partial charge in [0, 0.05) is 23.4 Å². The molecule has 0 spiro atoms. The van der Waals surface area contributed by atoms with Crippen molar-refractivity contribution in [3.05, 3.63) is 60.4 Å². The first-order valence-corrected chi connectivity index (χ1v) is 9.82. The average Bonchev–Trinajstić information content (AvgIpc) is 3.19. The number of aliphatic imine (C=N–C) groups is 2. The van der Waals surface area contributed by atoms with Gasteiger partial charge >= 0.3 is 6.09 Å². The summed E-state index contributed by atoms with van der Waals surface area (Å²) in [7, 11) is 0. The van der Waals surface area contributed by atoms with Crippen LogP contribution in [0.5, 0.6) is 0 Å². The molecule has 1 saturated heterocycles. The second-order valence-corrected chi connectivity index (χ2v) is 6.97. The minimum Gasteiger partial charge on any atom is -0.515 e. The molecule has 11 heteroatoms. The van der Waals surface area contributed by atoms with E-state index in [1.807, 2.05) is 0 Å². The number of amides is 1. The van der Waals surface area contributed by atoms with Gasteiger partial charge in [-0.15, -0.1) is 0 Å². The molecule has 0 saturated carbocycles. The Morgan fingerprint density at radius 3 is 2.97 bits per heavy atom. The van der Waals surface area contributed by atoms with E-state index in [9.17, 15) is 9.18 Å². The van der Waals surface area contributed by atoms with Gasteiger partial charge in [-0.05, 0) is 24.3 Å². The van der Waals surface area contributed by atoms with Crippen molar-refractivity contribution in [3.63, 3.8) is 0 Å². The number of amidine groups is 2. The number of nitrogens with one attached hydrogen (secondary N) is 1. The highest BCUT2D eigenvalue weighted by Gasteiger charge is 2.32. The van der Waals surface area contributed by atoms with E-state index in [1.54, 1.807) is 30.5 Å². The Morgan fingerprint density at radius 1 is 1.41 bits per heavy atom. The molecular weight excluding hydrogens is 419 g/mol. The highest BCUT2D eigenvalue weighted by Crippen LogP contribution is 2.29. The van der Waals surface area contributed by atoms with E-state index >= 15 is 0 Å². The molecule has 166 valence electrons. The van der Waals surface area contributed by atoms with E-state index in [0.717, 1.165) is 6.26 Å². The maximum Gasteiger partial charge on any atom is 0.414 e. The molecule has 1 atom stereocenters. The highest BCUT2D eigenvalue weighted by atomic mass is 19.1. The van der Waals surface area contributed by atoms with Crippen molar-refractivity contribution in [1.29, 1.82) is 0 Å². The van der Waals surface area contributed by atoms with Gasteiger partial charge < -0.3 is 15.6 Å². The Morgan fingerprint density at radius 2 is 2.28 bits per heavy atom. The first kappa shape index (κ1) is 21.2. The molecule has 2 aromatic rings. The SMILES string of the molecule is NC(/C=C\O)=NCC1CN(c2ccc(-c3ccc(C4=NCCON4)nc3)c(F)c2)C(=O)O1. The predicted molar refractivity (Wildman–Crippen MR) is 116 cm³/mol. The third-order valence-electron chi connectivity index (χ3n) is 4.81. The monoisotopic (exact) mass is 440 g/mol. The number of nitrogens with two attached hydrogens (primary N) is 1. The van der Waals surface area contributed by atoms with Gasteiger partial charge in [0.25, 0.3) is 0 Å². The van der Waals surface area contributed by atoms with Crippen LogP contribution in [0.25, 0.3) is 11.1 Å². The Labute approximate surface area is 182 Å². The van der Waals surface area contributed by atoms with E-state index in [4.69, 9.17) is 20.4 Å². The molecule has 2 aliphatic rings. The van der Waals surface area contributed by atoms with Crippen molar-refractivity contribution in [2.75, 3.05) is 31.1 Å². The lowest BCUT2D eigenvalue weighted by atomic mass is 10.1. The number of pyridine rings is 1. The second-order valence-electron chi connectivity index (χ2n) is 6.97. The molecule has 4 N–H and O–H groups in total. The number of carbonyl (C=O) groups excluding carboxylic acids is 1. The minimum absolute atomic E-state index is 0.107. The van der Waals surface area contributed by atoms with E-state index in [-0.39, 0.29) is 18.9 Å². The topological polar surface area (TPSA) is 135 Å². The zero-order valence-electron chi connectivity index (χ0n) is 16.9. The Hall–Kier alpha value is -3.99. The van der Waals surface area contributed by atoms with Crippen molar-refractivity contribution in [1.82, 2.24) is 10.5 Å². The summed E-state index contributed by atoms with van der Waals surface area (Å²) in [5.41, 5.74) is 10.2. The lowest BCUT2D eigenvalue weighted by Crippen LogP contribution is -2.31. The third-order valence-corrected chi connectivity index (χ3v) is 4.81. The quantitative estimate of drug-likeness (QED) is 0.355. The summed E-state index contributed by atoms with van der Waals surface area (Å²) >= 11 is 0. The fourth-order valence-electron chi connectivity index (χ4n) is 3.25. The van der Waals surface area contributed by atoms with Crippen LogP contribution in [0.2, 0.25) is 0 Å². The number of cyclic esters (lactones) is 1. The van der Waals surface area contributed by atoms with Crippen LogP contribution < -0.4 is 16.1 Å². The van der Waals surface area contributed by atoms with E-state index < -0.39 is 18.0 Å². The number of benzene rings is 1. The summed E-state index contributed by atoms with van der Waals surface area (Å²) in [6.07, 6.45) is 2.41. The number of nitrogens with zero attached hydrogens (tertiary/aromatic N) is 4. The van der Waals surface area contributed by atoms with Gasteiger partial charge in [-0.2, -0.15) is 0 Å². The first-order valence-electron chi connectivity index (χ1n) is 9.82. The van der Waals surface area contributed by atoms with Gasteiger partial charge in [-0.25, -0.2) is 14.7 Å². The fraction of sp³-hybridized carbons (Fsp3) is 0.238. The fourth-order valence-corrected chi connectivity index (χ4v) is 3.25. The van der Waals surface area contributed by atoms with Crippen molar-refractivity contribution in [3.8, 4) is 11.1 Å². The predicted octanol–water partition coefficient (Wildman–Crippen LogP) is 1.92. The van der Waals surface area contributed by atoms with Crippen LogP contribution in [-0.4, -0.2) is 60.2 Å². The van der Waals surface area contributed by atoms with Gasteiger partial charge in [0.15, 0.2) is 5.84 Å². The van der Waals surface area contributed by atoms with Gasteiger partial charge in [-0.1, -0.05) is 6.07 Å². The number of aromatic nitrogens is 1. The number of aliphatic hydroxyl groups is 1. The van der Waals surface area contributed by atoms with Crippen LogP contribution in [0.4, 0.5) is 14.9 Å². The van der Waals surface area contributed by atoms with Crippen molar-refractivity contribution in [2.24, 2.45) is 15.7 Å². The number of hydrogen-bond acceptors (Lipinski definition) is 8. The van der Waals surface area contributed by atoms with Crippen LogP contribution in [0, 0.1) is 5.82 Å². The van der Waals surface area contributed by atoms with Crippen molar-refractivity contribution < 1.29 is 23.9 Å². The molecule has 1 unspecified atom stereocenters. The summed E-state index contributed by atoms with van der Waals surface area (Å²) < 4.78 is 20.1. The number of halogens is 1. The Balaban J connectivity index is 1.47. The molecule has 1 aromatic heterocycles. The molecule has 1 amide bonds.